The van der Waals surface area contributed by atoms with E-state index in [0.717, 1.165) is 16.7 Å². The molecule has 3 aromatic carbocycles. The van der Waals surface area contributed by atoms with Crippen LogP contribution in [0.25, 0.3) is 5.57 Å². The Hall–Kier alpha value is -6.77. The average Bonchev–Trinajstić information content (AvgIpc) is 3.92. The van der Waals surface area contributed by atoms with Crippen molar-refractivity contribution >= 4 is 47.3 Å². The number of nitrogens with zero attached hydrogens (tertiary/aromatic N) is 4. The molecule has 3 amide bonds. The molecule has 282 valence electrons. The number of hydrogen-bond donors (Lipinski definition) is 2. The van der Waals surface area contributed by atoms with E-state index in [0.29, 0.717) is 76.3 Å². The van der Waals surface area contributed by atoms with Gasteiger partial charge in [-0.1, -0.05) is 18.2 Å². The highest BCUT2D eigenvalue weighted by Gasteiger charge is 2.35. The maximum atomic E-state index is 13.8. The standard InChI is InChI=1S/C40H37N5O10/c1-50-33-14-28-30(42-18-26-11-23(20-44(26)38(28)46)5-3-8-41-40(48)49)16-36(33)52-9-4-10-53-37-17-31-29(15-34(37)51-2)39(47)45-21-25(12-27(45)19-43-31)24-6-7-32-35(13-24)55-22-54-32/h3,5-7,13-21,26-27,41H,4,8-12,22H2,1-2H3,(H,48,49)/b5-3+/t26-,27-/m0/s1. The number of carbonyl (C=O) groups is 3. The van der Waals surface area contributed by atoms with Gasteiger partial charge in [0.1, 0.15) is 0 Å². The van der Waals surface area contributed by atoms with Crippen LogP contribution in [0.3, 0.4) is 0 Å². The third-order valence-corrected chi connectivity index (χ3v) is 9.70. The highest BCUT2D eigenvalue weighted by atomic mass is 16.7. The van der Waals surface area contributed by atoms with Crippen molar-refractivity contribution in [1.29, 1.82) is 0 Å². The zero-order valence-corrected chi connectivity index (χ0v) is 30.0. The number of hydrogen-bond acceptors (Lipinski definition) is 11. The summed E-state index contributed by atoms with van der Waals surface area (Å²) in [6, 6.07) is 11.9. The first-order chi connectivity index (χ1) is 26.8. The van der Waals surface area contributed by atoms with Gasteiger partial charge < -0.3 is 48.6 Å². The number of benzene rings is 3. The van der Waals surface area contributed by atoms with Crippen LogP contribution in [0.5, 0.6) is 34.5 Å². The number of nitrogens with one attached hydrogen (secondary N) is 1. The molecule has 5 aliphatic rings. The Kier molecular flexibility index (Phi) is 9.57. The number of carbonyl (C=O) groups excluding carboxylic acids is 2. The number of rotatable bonds is 12. The topological polar surface area (TPSA) is 170 Å². The molecule has 2 atom stereocenters. The third kappa shape index (κ3) is 7.03. The third-order valence-electron chi connectivity index (χ3n) is 9.70. The van der Waals surface area contributed by atoms with Gasteiger partial charge in [-0.05, 0) is 47.4 Å². The molecule has 0 radical (unpaired) electrons. The molecule has 8 rings (SSSR count). The summed E-state index contributed by atoms with van der Waals surface area (Å²) in [6.45, 7) is 0.909. The summed E-state index contributed by atoms with van der Waals surface area (Å²) in [4.78, 5) is 50.6. The van der Waals surface area contributed by atoms with E-state index in [9.17, 15) is 14.4 Å². The summed E-state index contributed by atoms with van der Waals surface area (Å²) in [5, 5.41) is 11.0. The van der Waals surface area contributed by atoms with Crippen molar-refractivity contribution in [1.82, 2.24) is 15.1 Å². The molecule has 55 heavy (non-hydrogen) atoms. The fourth-order valence-corrected chi connectivity index (χ4v) is 6.96. The summed E-state index contributed by atoms with van der Waals surface area (Å²) in [5.74, 6) is 2.65. The van der Waals surface area contributed by atoms with Gasteiger partial charge in [-0.2, -0.15) is 0 Å². The zero-order chi connectivity index (χ0) is 38.1. The van der Waals surface area contributed by atoms with E-state index in [-0.39, 0.29) is 50.4 Å². The summed E-state index contributed by atoms with van der Waals surface area (Å²) < 4.78 is 34.4. The zero-order valence-electron chi connectivity index (χ0n) is 30.0. The van der Waals surface area contributed by atoms with Gasteiger partial charge in [0.2, 0.25) is 6.79 Å². The molecule has 0 unspecified atom stereocenters. The Bertz CT molecular complexity index is 2230. The minimum atomic E-state index is -1.10. The minimum absolute atomic E-state index is 0.165. The van der Waals surface area contributed by atoms with Crippen LogP contribution in [0.2, 0.25) is 0 Å². The molecule has 5 heterocycles. The van der Waals surface area contributed by atoms with Crippen LogP contribution in [0.15, 0.2) is 82.6 Å². The van der Waals surface area contributed by atoms with E-state index in [2.05, 4.69) is 10.3 Å². The van der Waals surface area contributed by atoms with Crippen LogP contribution in [0.1, 0.15) is 45.5 Å². The van der Waals surface area contributed by atoms with Crippen molar-refractivity contribution in [3.8, 4) is 34.5 Å². The molecular weight excluding hydrogens is 710 g/mol. The SMILES string of the molecule is COc1cc2c(cc1OCCCOc1cc3c(cc1OC)C(=O)N1C=C(c4ccc5c(c4)OCO5)C[C@H]1C=N3)N=C[C@@H]1CC(/C=C/CNC(=O)O)=CN1C2=O. The Morgan fingerprint density at radius 2 is 1.45 bits per heavy atom. The predicted molar refractivity (Wildman–Crippen MR) is 201 cm³/mol. The Balaban J connectivity index is 0.893. The van der Waals surface area contributed by atoms with Gasteiger partial charge in [0.25, 0.3) is 11.8 Å². The molecule has 3 aromatic rings. The van der Waals surface area contributed by atoms with Crippen molar-refractivity contribution in [2.45, 2.75) is 31.3 Å². The van der Waals surface area contributed by atoms with Gasteiger partial charge >= 0.3 is 6.09 Å². The molecule has 0 aliphatic carbocycles. The molecule has 0 fully saturated rings. The second-order valence-electron chi connectivity index (χ2n) is 13.1. The summed E-state index contributed by atoms with van der Waals surface area (Å²) in [5.41, 5.74) is 4.57. The maximum absolute atomic E-state index is 13.8. The van der Waals surface area contributed by atoms with Crippen LogP contribution in [0.4, 0.5) is 16.2 Å². The van der Waals surface area contributed by atoms with Crippen molar-refractivity contribution in [3.05, 3.63) is 89.3 Å². The molecule has 0 bridgehead atoms. The second kappa shape index (κ2) is 14.9. The lowest BCUT2D eigenvalue weighted by Crippen LogP contribution is -2.32. The van der Waals surface area contributed by atoms with E-state index >= 15 is 0 Å². The van der Waals surface area contributed by atoms with Crippen molar-refractivity contribution in [2.75, 3.05) is 40.8 Å². The summed E-state index contributed by atoms with van der Waals surface area (Å²) >= 11 is 0. The van der Waals surface area contributed by atoms with Gasteiger partial charge in [-0.25, -0.2) is 4.79 Å². The number of fused-ring (bicyclic) bond motifs is 5. The molecule has 15 nitrogen and oxygen atoms in total. The number of carboxylic acid groups (broad SMARTS) is 1. The Labute approximate surface area is 315 Å². The normalized spacial score (nSPS) is 18.9. The van der Waals surface area contributed by atoms with Crippen LogP contribution in [0, 0.1) is 0 Å². The summed E-state index contributed by atoms with van der Waals surface area (Å²) in [7, 11) is 3.03. The van der Waals surface area contributed by atoms with E-state index in [1.165, 1.54) is 14.2 Å². The van der Waals surface area contributed by atoms with Crippen molar-refractivity contribution in [2.24, 2.45) is 9.98 Å². The van der Waals surface area contributed by atoms with Gasteiger partial charge in [0, 0.05) is 56.3 Å². The van der Waals surface area contributed by atoms with E-state index in [1.807, 2.05) is 24.4 Å². The molecular formula is C40H37N5O10. The van der Waals surface area contributed by atoms with Crippen LogP contribution >= 0.6 is 0 Å². The first-order valence-electron chi connectivity index (χ1n) is 17.7. The molecule has 0 saturated heterocycles. The number of amides is 3. The smallest absolute Gasteiger partial charge is 0.404 e. The molecule has 0 aromatic heterocycles. The Morgan fingerprint density at radius 1 is 0.836 bits per heavy atom. The van der Waals surface area contributed by atoms with E-state index in [4.69, 9.17) is 38.5 Å². The molecule has 15 heteroatoms. The quantitative estimate of drug-likeness (QED) is 0.213. The first kappa shape index (κ1) is 35.3. The number of ether oxygens (including phenoxy) is 6. The van der Waals surface area contributed by atoms with Crippen LogP contribution in [-0.4, -0.2) is 98.1 Å². The molecule has 0 spiro atoms. The van der Waals surface area contributed by atoms with E-state index in [1.54, 1.807) is 64.8 Å². The molecule has 5 aliphatic heterocycles. The van der Waals surface area contributed by atoms with Crippen molar-refractivity contribution < 1.29 is 47.9 Å². The number of allylic oxidation sites excluding steroid dienone is 1. The minimum Gasteiger partial charge on any atom is -0.493 e. The Morgan fingerprint density at radius 3 is 2.09 bits per heavy atom. The van der Waals surface area contributed by atoms with Crippen molar-refractivity contribution in [3.63, 3.8) is 0 Å². The van der Waals surface area contributed by atoms with Gasteiger partial charge in [-0.15, -0.1) is 0 Å². The highest BCUT2D eigenvalue weighted by Crippen LogP contribution is 2.42. The highest BCUT2D eigenvalue weighted by molar-refractivity contribution is 6.06. The van der Waals surface area contributed by atoms with Gasteiger partial charge in [-0.3, -0.25) is 19.6 Å². The van der Waals surface area contributed by atoms with E-state index < -0.39 is 6.09 Å². The number of methoxy groups -OCH3 is 2. The van der Waals surface area contributed by atoms with Crippen LogP contribution in [-0.2, 0) is 0 Å². The molecule has 2 N–H and O–H groups in total. The lowest BCUT2D eigenvalue weighted by Gasteiger charge is -2.19. The lowest BCUT2D eigenvalue weighted by molar-refractivity contribution is 0.0809. The monoisotopic (exact) mass is 747 g/mol. The average molecular weight is 748 g/mol. The lowest BCUT2D eigenvalue weighted by atomic mass is 10.0. The predicted octanol–water partition coefficient (Wildman–Crippen LogP) is 5.89. The largest absolute Gasteiger partial charge is 0.493 e. The second-order valence-corrected chi connectivity index (χ2v) is 13.1. The van der Waals surface area contributed by atoms with Gasteiger partial charge in [0.05, 0.1) is 62.0 Å². The van der Waals surface area contributed by atoms with Gasteiger partial charge in [0.15, 0.2) is 34.5 Å². The fourth-order valence-electron chi connectivity index (χ4n) is 6.96. The fraction of sp³-hybridized carbons (Fsp3) is 0.275. The first-order valence-corrected chi connectivity index (χ1v) is 17.7. The maximum Gasteiger partial charge on any atom is 0.404 e. The van der Waals surface area contributed by atoms with Crippen LogP contribution < -0.4 is 33.7 Å². The molecule has 0 saturated carbocycles. The summed E-state index contributed by atoms with van der Waals surface area (Å²) in [6.07, 6.45) is 11.2. The number of aliphatic imine (C=N–C) groups is 2.